The summed E-state index contributed by atoms with van der Waals surface area (Å²) >= 11 is 7.31. The summed E-state index contributed by atoms with van der Waals surface area (Å²) in [5.41, 5.74) is 2.77. The van der Waals surface area contributed by atoms with Crippen molar-refractivity contribution < 1.29 is 13.2 Å². The van der Waals surface area contributed by atoms with E-state index in [2.05, 4.69) is 10.1 Å². The van der Waals surface area contributed by atoms with Crippen LogP contribution in [0.4, 0.5) is 5.13 Å². The van der Waals surface area contributed by atoms with Crippen LogP contribution in [0.2, 0.25) is 5.02 Å². The fourth-order valence-corrected chi connectivity index (χ4v) is 6.15. The van der Waals surface area contributed by atoms with E-state index >= 15 is 0 Å². The van der Waals surface area contributed by atoms with E-state index in [0.29, 0.717) is 23.2 Å². The first kappa shape index (κ1) is 24.4. The number of hydrogen-bond acceptors (Lipinski definition) is 6. The zero-order chi connectivity index (χ0) is 24.3. The fourth-order valence-electron chi connectivity index (χ4n) is 3.71. The molecule has 0 unspecified atom stereocenters. The highest BCUT2D eigenvalue weighted by atomic mass is 35.5. The number of anilines is 1. The summed E-state index contributed by atoms with van der Waals surface area (Å²) in [6, 6.07) is 15.8. The van der Waals surface area contributed by atoms with Crippen LogP contribution in [0.1, 0.15) is 24.2 Å². The molecule has 34 heavy (non-hydrogen) atoms. The normalized spacial score (nSPS) is 11.7. The molecule has 2 aromatic heterocycles. The van der Waals surface area contributed by atoms with Crippen LogP contribution in [0.5, 0.6) is 0 Å². The predicted octanol–water partition coefficient (Wildman–Crippen LogP) is 5.05. The van der Waals surface area contributed by atoms with Gasteiger partial charge in [-0.05, 0) is 62.7 Å². The average molecular weight is 517 g/mol. The van der Waals surface area contributed by atoms with Crippen molar-refractivity contribution in [2.24, 2.45) is 0 Å². The van der Waals surface area contributed by atoms with E-state index in [1.54, 1.807) is 17.0 Å². The first-order valence-corrected chi connectivity index (χ1v) is 13.7. The summed E-state index contributed by atoms with van der Waals surface area (Å²) in [4.78, 5) is 19.8. The summed E-state index contributed by atoms with van der Waals surface area (Å²) in [7, 11) is -3.50. The molecule has 4 rings (SSSR count). The van der Waals surface area contributed by atoms with Crippen molar-refractivity contribution in [2.45, 2.75) is 38.1 Å². The molecule has 7 nitrogen and oxygen atoms in total. The van der Waals surface area contributed by atoms with Gasteiger partial charge in [0, 0.05) is 23.7 Å². The standard InChI is InChI=1S/C24H25ClN4O3S2/c1-17-16-18(2)29(27-17)14-13-28(24-26-21-6-3-4-7-22(21)33-24)23(30)8-5-15-34(31,32)20-11-9-19(25)10-12-20/h3-4,6-7,9-12,16H,5,8,13-15H2,1-2H3. The zero-order valence-electron chi connectivity index (χ0n) is 18.9. The fraction of sp³-hybridized carbons (Fsp3) is 0.292. The monoisotopic (exact) mass is 516 g/mol. The van der Waals surface area contributed by atoms with Gasteiger partial charge in [-0.25, -0.2) is 13.4 Å². The lowest BCUT2D eigenvalue weighted by atomic mass is 10.3. The Hall–Kier alpha value is -2.75. The van der Waals surface area contributed by atoms with Crippen LogP contribution >= 0.6 is 22.9 Å². The Kier molecular flexibility index (Phi) is 7.35. The SMILES string of the molecule is Cc1cc(C)n(CCN(C(=O)CCCS(=O)(=O)c2ccc(Cl)cc2)c2nc3ccccc3s2)n1. The lowest BCUT2D eigenvalue weighted by molar-refractivity contribution is -0.118. The molecule has 2 aromatic carbocycles. The first-order valence-electron chi connectivity index (χ1n) is 10.9. The highest BCUT2D eigenvalue weighted by molar-refractivity contribution is 7.91. The number of sulfone groups is 1. The molecule has 10 heteroatoms. The van der Waals surface area contributed by atoms with Gasteiger partial charge in [0.1, 0.15) is 0 Å². The molecule has 0 saturated heterocycles. The third kappa shape index (κ3) is 5.65. The first-order chi connectivity index (χ1) is 16.2. The average Bonchev–Trinajstić information content (AvgIpc) is 3.36. The second-order valence-electron chi connectivity index (χ2n) is 8.04. The number of fused-ring (bicyclic) bond motifs is 1. The third-order valence-electron chi connectivity index (χ3n) is 5.43. The third-order valence-corrected chi connectivity index (χ3v) is 8.56. The quantitative estimate of drug-likeness (QED) is 0.311. The Morgan fingerprint density at radius 2 is 1.85 bits per heavy atom. The van der Waals surface area contributed by atoms with Crippen molar-refractivity contribution in [3.8, 4) is 0 Å². The number of aryl methyl sites for hydroxylation is 2. The van der Waals surface area contributed by atoms with E-state index in [9.17, 15) is 13.2 Å². The number of para-hydroxylation sites is 1. The van der Waals surface area contributed by atoms with Crippen LogP contribution in [0.25, 0.3) is 10.2 Å². The number of thiazole rings is 1. The Balaban J connectivity index is 1.48. The Labute approximate surface area is 207 Å². The number of benzene rings is 2. The summed E-state index contributed by atoms with van der Waals surface area (Å²) in [5.74, 6) is -0.280. The molecule has 178 valence electrons. The van der Waals surface area contributed by atoms with E-state index in [0.717, 1.165) is 21.6 Å². The predicted molar refractivity (Wildman–Crippen MR) is 136 cm³/mol. The van der Waals surface area contributed by atoms with E-state index in [4.69, 9.17) is 11.6 Å². The largest absolute Gasteiger partial charge is 0.286 e. The van der Waals surface area contributed by atoms with E-state index in [1.807, 2.05) is 48.9 Å². The number of amides is 1. The molecule has 0 aliphatic carbocycles. The molecule has 0 radical (unpaired) electrons. The molecule has 2 heterocycles. The van der Waals surface area contributed by atoms with Gasteiger partial charge in [-0.3, -0.25) is 14.4 Å². The summed E-state index contributed by atoms with van der Waals surface area (Å²) in [5, 5.41) is 5.57. The molecule has 0 bridgehead atoms. The Morgan fingerprint density at radius 1 is 1.12 bits per heavy atom. The van der Waals surface area contributed by atoms with Crippen molar-refractivity contribution in [1.82, 2.24) is 14.8 Å². The minimum absolute atomic E-state index is 0.0971. The van der Waals surface area contributed by atoms with Crippen molar-refractivity contribution >= 4 is 54.0 Å². The van der Waals surface area contributed by atoms with Gasteiger partial charge < -0.3 is 0 Å². The van der Waals surface area contributed by atoms with Crippen molar-refractivity contribution in [1.29, 1.82) is 0 Å². The highest BCUT2D eigenvalue weighted by Crippen LogP contribution is 2.29. The van der Waals surface area contributed by atoms with Crippen molar-refractivity contribution in [2.75, 3.05) is 17.2 Å². The second-order valence-corrected chi connectivity index (χ2v) is 11.6. The van der Waals surface area contributed by atoms with Crippen LogP contribution in [-0.4, -0.2) is 41.4 Å². The number of carbonyl (C=O) groups excluding carboxylic acids is 1. The lowest BCUT2D eigenvalue weighted by Gasteiger charge is -2.20. The summed E-state index contributed by atoms with van der Waals surface area (Å²) in [6.07, 6.45) is 0.310. The zero-order valence-corrected chi connectivity index (χ0v) is 21.3. The molecular formula is C24H25ClN4O3S2. The van der Waals surface area contributed by atoms with E-state index in [1.165, 1.54) is 23.5 Å². The maximum absolute atomic E-state index is 13.2. The van der Waals surface area contributed by atoms with Gasteiger partial charge >= 0.3 is 0 Å². The van der Waals surface area contributed by atoms with Gasteiger partial charge in [0.15, 0.2) is 15.0 Å². The molecule has 0 aliphatic heterocycles. The molecule has 0 saturated carbocycles. The second kappa shape index (κ2) is 10.2. The molecule has 0 atom stereocenters. The minimum atomic E-state index is -3.50. The van der Waals surface area contributed by atoms with Crippen molar-refractivity contribution in [3.63, 3.8) is 0 Å². The molecule has 0 aliphatic rings. The van der Waals surface area contributed by atoms with Crippen LogP contribution in [0, 0.1) is 13.8 Å². The molecule has 4 aromatic rings. The van der Waals surface area contributed by atoms with E-state index in [-0.39, 0.29) is 29.4 Å². The summed E-state index contributed by atoms with van der Waals surface area (Å²) in [6.45, 7) is 4.82. The molecule has 0 spiro atoms. The van der Waals surface area contributed by atoms with Gasteiger partial charge in [-0.1, -0.05) is 35.1 Å². The highest BCUT2D eigenvalue weighted by Gasteiger charge is 2.22. The van der Waals surface area contributed by atoms with Crippen LogP contribution in [-0.2, 0) is 21.2 Å². The molecular weight excluding hydrogens is 492 g/mol. The number of nitrogens with zero attached hydrogens (tertiary/aromatic N) is 4. The number of halogens is 1. The minimum Gasteiger partial charge on any atom is -0.286 e. The van der Waals surface area contributed by atoms with Crippen LogP contribution in [0.3, 0.4) is 0 Å². The molecule has 0 fully saturated rings. The van der Waals surface area contributed by atoms with Crippen LogP contribution < -0.4 is 4.90 Å². The maximum atomic E-state index is 13.2. The number of hydrogen-bond donors (Lipinski definition) is 0. The number of aromatic nitrogens is 3. The smallest absolute Gasteiger partial charge is 0.228 e. The molecule has 1 amide bonds. The van der Waals surface area contributed by atoms with Gasteiger partial charge in [-0.2, -0.15) is 5.10 Å². The Morgan fingerprint density at radius 3 is 2.53 bits per heavy atom. The van der Waals surface area contributed by atoms with Gasteiger partial charge in [0.2, 0.25) is 5.91 Å². The van der Waals surface area contributed by atoms with Gasteiger partial charge in [0.25, 0.3) is 0 Å². The molecule has 0 N–H and O–H groups in total. The number of rotatable bonds is 9. The Bertz CT molecular complexity index is 1380. The van der Waals surface area contributed by atoms with Gasteiger partial charge in [-0.15, -0.1) is 0 Å². The van der Waals surface area contributed by atoms with Crippen molar-refractivity contribution in [3.05, 3.63) is 71.0 Å². The number of carbonyl (C=O) groups is 1. The lowest BCUT2D eigenvalue weighted by Crippen LogP contribution is -2.34. The summed E-state index contributed by atoms with van der Waals surface area (Å²) < 4.78 is 28.1. The van der Waals surface area contributed by atoms with Crippen LogP contribution in [0.15, 0.2) is 59.5 Å². The van der Waals surface area contributed by atoms with E-state index < -0.39 is 9.84 Å². The van der Waals surface area contributed by atoms with Gasteiger partial charge in [0.05, 0.1) is 33.1 Å². The topological polar surface area (TPSA) is 85.2 Å². The maximum Gasteiger partial charge on any atom is 0.228 e.